The lowest BCUT2D eigenvalue weighted by Gasteiger charge is -2.28. The number of carbonyl (C=O) groups is 2. The molecule has 0 saturated heterocycles. The minimum atomic E-state index is -0.523. The molecule has 0 radical (unpaired) electrons. The molecule has 2 aromatic carbocycles. The fourth-order valence-corrected chi connectivity index (χ4v) is 4.27. The van der Waals surface area contributed by atoms with E-state index in [1.54, 1.807) is 23.6 Å². The Morgan fingerprint density at radius 2 is 1.93 bits per heavy atom. The van der Waals surface area contributed by atoms with Gasteiger partial charge in [-0.3, -0.25) is 9.59 Å². The predicted molar refractivity (Wildman–Crippen MR) is 120 cm³/mol. The van der Waals surface area contributed by atoms with E-state index in [2.05, 4.69) is 40.3 Å². The molecule has 0 aromatic heterocycles. The zero-order chi connectivity index (χ0) is 20.5. The molecule has 0 aliphatic carbocycles. The first-order valence-corrected chi connectivity index (χ1v) is 11.3. The van der Waals surface area contributed by atoms with E-state index in [9.17, 15) is 9.59 Å². The fourth-order valence-electron chi connectivity index (χ4n) is 2.84. The third kappa shape index (κ3) is 6.67. The summed E-state index contributed by atoms with van der Waals surface area (Å²) in [6.07, 6.45) is 0. The third-order valence-corrected chi connectivity index (χ3v) is 5.96. The van der Waals surface area contributed by atoms with Crippen molar-refractivity contribution in [1.29, 1.82) is 0 Å². The van der Waals surface area contributed by atoms with Crippen LogP contribution in [0.25, 0.3) is 0 Å². The first-order chi connectivity index (χ1) is 13.4. The van der Waals surface area contributed by atoms with Crippen LogP contribution in [0.2, 0.25) is 0 Å². The minimum absolute atomic E-state index is 0.0303. The number of carbonyl (C=O) groups excluding carboxylic acids is 2. The van der Waals surface area contributed by atoms with E-state index in [4.69, 9.17) is 0 Å². The maximum absolute atomic E-state index is 13.0. The molecule has 0 aliphatic heterocycles. The average Bonchev–Trinajstić information content (AvgIpc) is 2.67. The molecular formula is C22H27BrN2O2S. The zero-order valence-electron chi connectivity index (χ0n) is 16.6. The molecule has 28 heavy (non-hydrogen) atoms. The summed E-state index contributed by atoms with van der Waals surface area (Å²) in [4.78, 5) is 27.0. The highest BCUT2D eigenvalue weighted by atomic mass is 79.9. The second-order valence-electron chi connectivity index (χ2n) is 6.64. The monoisotopic (exact) mass is 462 g/mol. The normalized spacial score (nSPS) is 11.7. The summed E-state index contributed by atoms with van der Waals surface area (Å²) in [5, 5.41) is 2.82. The minimum Gasteiger partial charge on any atom is -0.355 e. The number of nitrogens with zero attached hydrogens (tertiary/aromatic N) is 1. The van der Waals surface area contributed by atoms with Gasteiger partial charge >= 0.3 is 0 Å². The Kier molecular flexibility index (Phi) is 9.06. The van der Waals surface area contributed by atoms with Crippen molar-refractivity contribution in [3.63, 3.8) is 0 Å². The summed E-state index contributed by atoms with van der Waals surface area (Å²) in [5.41, 5.74) is 3.45. The molecule has 2 rings (SSSR count). The number of hydrogen-bond donors (Lipinski definition) is 1. The summed E-state index contributed by atoms with van der Waals surface area (Å²) in [6.45, 7) is 6.69. The predicted octanol–water partition coefficient (Wildman–Crippen LogP) is 4.54. The van der Waals surface area contributed by atoms with Crippen molar-refractivity contribution in [3.8, 4) is 0 Å². The van der Waals surface area contributed by atoms with Crippen LogP contribution in [-0.4, -0.2) is 35.1 Å². The average molecular weight is 463 g/mol. The van der Waals surface area contributed by atoms with Gasteiger partial charge in [0, 0.05) is 23.3 Å². The van der Waals surface area contributed by atoms with E-state index >= 15 is 0 Å². The van der Waals surface area contributed by atoms with Gasteiger partial charge in [0.15, 0.2) is 0 Å². The Balaban J connectivity index is 2.07. The molecule has 150 valence electrons. The molecule has 1 atom stereocenters. The Labute approximate surface area is 180 Å². The van der Waals surface area contributed by atoms with Gasteiger partial charge in [-0.2, -0.15) is 0 Å². The van der Waals surface area contributed by atoms with Gasteiger partial charge in [0.25, 0.3) is 0 Å². The van der Waals surface area contributed by atoms with Crippen LogP contribution in [0.4, 0.5) is 0 Å². The Morgan fingerprint density at radius 3 is 2.61 bits per heavy atom. The molecule has 0 spiro atoms. The molecule has 1 N–H and O–H groups in total. The topological polar surface area (TPSA) is 49.4 Å². The van der Waals surface area contributed by atoms with E-state index in [0.29, 0.717) is 18.8 Å². The Hall–Kier alpha value is -1.79. The van der Waals surface area contributed by atoms with Crippen LogP contribution in [0.15, 0.2) is 53.0 Å². The molecule has 0 fully saturated rings. The summed E-state index contributed by atoms with van der Waals surface area (Å²) in [7, 11) is 0. The summed E-state index contributed by atoms with van der Waals surface area (Å²) in [5.74, 6) is 0.956. The van der Waals surface area contributed by atoms with Gasteiger partial charge in [0.05, 0.1) is 5.75 Å². The first-order valence-electron chi connectivity index (χ1n) is 9.36. The second-order valence-corrected chi connectivity index (χ2v) is 8.54. The number of halogens is 1. The molecule has 2 amide bonds. The third-order valence-electron chi connectivity index (χ3n) is 4.50. The largest absolute Gasteiger partial charge is 0.355 e. The second kappa shape index (κ2) is 11.3. The number of aryl methyl sites for hydroxylation is 1. The van der Waals surface area contributed by atoms with Crippen LogP contribution in [0.3, 0.4) is 0 Å². The lowest BCUT2D eigenvalue weighted by atomic mass is 10.1. The van der Waals surface area contributed by atoms with Crippen LogP contribution >= 0.6 is 27.7 Å². The van der Waals surface area contributed by atoms with Crippen molar-refractivity contribution >= 4 is 39.5 Å². The highest BCUT2D eigenvalue weighted by Crippen LogP contribution is 2.19. The van der Waals surface area contributed by atoms with Gasteiger partial charge in [-0.05, 0) is 49.6 Å². The number of benzene rings is 2. The summed E-state index contributed by atoms with van der Waals surface area (Å²) < 4.78 is 0.956. The van der Waals surface area contributed by atoms with E-state index in [0.717, 1.165) is 15.8 Å². The smallest absolute Gasteiger partial charge is 0.242 e. The molecule has 0 bridgehead atoms. The molecule has 6 heteroatoms. The number of rotatable bonds is 9. The maximum Gasteiger partial charge on any atom is 0.242 e. The van der Waals surface area contributed by atoms with Crippen molar-refractivity contribution in [2.45, 2.75) is 39.1 Å². The van der Waals surface area contributed by atoms with E-state index < -0.39 is 6.04 Å². The van der Waals surface area contributed by atoms with Crippen LogP contribution < -0.4 is 5.32 Å². The molecule has 0 heterocycles. The van der Waals surface area contributed by atoms with Crippen LogP contribution in [-0.2, 0) is 21.9 Å². The summed E-state index contributed by atoms with van der Waals surface area (Å²) in [6, 6.07) is 15.5. The van der Waals surface area contributed by atoms with Crippen LogP contribution in [0.1, 0.15) is 30.5 Å². The Bertz CT molecular complexity index is 813. The molecule has 0 saturated carbocycles. The zero-order valence-corrected chi connectivity index (χ0v) is 19.0. The number of thioether (sulfide) groups is 1. The number of nitrogens with one attached hydrogen (secondary N) is 1. The van der Waals surface area contributed by atoms with Crippen molar-refractivity contribution in [2.24, 2.45) is 0 Å². The Morgan fingerprint density at radius 1 is 1.18 bits per heavy atom. The van der Waals surface area contributed by atoms with Gasteiger partial charge in [0.2, 0.25) is 11.8 Å². The fraction of sp³-hybridized carbons (Fsp3) is 0.364. The number of likely N-dealkylation sites (N-methyl/N-ethyl adjacent to an activating group) is 1. The highest BCUT2D eigenvalue weighted by molar-refractivity contribution is 9.10. The number of hydrogen-bond acceptors (Lipinski definition) is 3. The van der Waals surface area contributed by atoms with Crippen molar-refractivity contribution < 1.29 is 9.59 Å². The van der Waals surface area contributed by atoms with Gasteiger partial charge < -0.3 is 10.2 Å². The molecule has 0 unspecified atom stereocenters. The summed E-state index contributed by atoms with van der Waals surface area (Å²) >= 11 is 5.05. The van der Waals surface area contributed by atoms with Crippen molar-refractivity contribution in [1.82, 2.24) is 10.2 Å². The highest BCUT2D eigenvalue weighted by Gasteiger charge is 2.25. The lowest BCUT2D eigenvalue weighted by Crippen LogP contribution is -2.48. The van der Waals surface area contributed by atoms with Gasteiger partial charge in [-0.25, -0.2) is 0 Å². The van der Waals surface area contributed by atoms with E-state index in [1.807, 2.05) is 43.3 Å². The first kappa shape index (κ1) is 22.5. The quantitative estimate of drug-likeness (QED) is 0.594. The SMILES string of the molecule is CCNC(=O)[C@@H](C)N(Cc1cccc(Br)c1)C(=O)CSCc1ccccc1C. The molecule has 2 aromatic rings. The van der Waals surface area contributed by atoms with Crippen molar-refractivity contribution in [3.05, 3.63) is 69.7 Å². The van der Waals surface area contributed by atoms with Crippen LogP contribution in [0, 0.1) is 6.92 Å². The van der Waals surface area contributed by atoms with Crippen molar-refractivity contribution in [2.75, 3.05) is 12.3 Å². The van der Waals surface area contributed by atoms with E-state index in [-0.39, 0.29) is 11.8 Å². The molecule has 0 aliphatic rings. The molecular weight excluding hydrogens is 436 g/mol. The maximum atomic E-state index is 13.0. The van der Waals surface area contributed by atoms with E-state index in [1.165, 1.54) is 11.1 Å². The standard InChI is InChI=1S/C22H27BrN2O2S/c1-4-24-22(27)17(3)25(13-18-9-7-11-20(23)12-18)21(26)15-28-14-19-10-6-5-8-16(19)2/h5-12,17H,4,13-15H2,1-3H3,(H,24,27)/t17-/m1/s1. The van der Waals surface area contributed by atoms with Gasteiger partial charge in [-0.15, -0.1) is 11.8 Å². The number of amides is 2. The molecule has 4 nitrogen and oxygen atoms in total. The van der Waals surface area contributed by atoms with Gasteiger partial charge in [0.1, 0.15) is 6.04 Å². The van der Waals surface area contributed by atoms with Gasteiger partial charge in [-0.1, -0.05) is 52.3 Å². The lowest BCUT2D eigenvalue weighted by molar-refractivity contribution is -0.138. The van der Waals surface area contributed by atoms with Crippen LogP contribution in [0.5, 0.6) is 0 Å².